The van der Waals surface area contributed by atoms with E-state index in [-0.39, 0.29) is 12.8 Å². The first kappa shape index (κ1) is 27.8. The van der Waals surface area contributed by atoms with E-state index in [4.69, 9.17) is 0 Å². The van der Waals surface area contributed by atoms with Crippen LogP contribution in [0.4, 0.5) is 19.0 Å². The summed E-state index contributed by atoms with van der Waals surface area (Å²) in [5, 5.41) is 3.73. The molecule has 8 heteroatoms. The third-order valence-electron chi connectivity index (χ3n) is 3.49. The fourth-order valence-electron chi connectivity index (χ4n) is 2.26. The summed E-state index contributed by atoms with van der Waals surface area (Å²) in [6.07, 6.45) is 6.09. The molecule has 1 N–H and O–H groups in total. The average Bonchev–Trinajstić information content (AvgIpc) is 2.70. The van der Waals surface area contributed by atoms with Crippen molar-refractivity contribution in [1.29, 1.82) is 0 Å². The lowest BCUT2D eigenvalue weighted by Crippen LogP contribution is -2.20. The molecule has 0 bridgehead atoms. The highest BCUT2D eigenvalue weighted by Gasteiger charge is 2.15. The summed E-state index contributed by atoms with van der Waals surface area (Å²) in [4.78, 5) is 22.6. The lowest BCUT2D eigenvalue weighted by Gasteiger charge is -2.17. The number of carbonyl (C=O) groups excluding carboxylic acids is 1. The van der Waals surface area contributed by atoms with Crippen LogP contribution in [-0.2, 0) is 4.79 Å². The van der Waals surface area contributed by atoms with Crippen molar-refractivity contribution in [3.63, 3.8) is 0 Å². The molecule has 1 heterocycles. The van der Waals surface area contributed by atoms with Crippen LogP contribution in [-0.4, -0.2) is 40.0 Å². The molecule has 0 unspecified atom stereocenters. The highest BCUT2D eigenvalue weighted by Crippen LogP contribution is 2.18. The Labute approximate surface area is 182 Å². The molecule has 2 rings (SSSR count). The van der Waals surface area contributed by atoms with E-state index in [2.05, 4.69) is 40.3 Å². The topological polar surface area (TPSA) is 58.1 Å². The Hall–Kier alpha value is -3.16. The smallest absolute Gasteiger partial charge is 0.378 e. The number of nitrogens with one attached hydrogen (secondary N) is 1. The standard InChI is InChI=1S/C18H22N4O.C3H6.C2H3F3/c1-3-5-12-22(4-2)13-8-11-17(23)21-18-15-9-6-7-10-16(15)19-14-20-18;1-3-2;1-2(3,4)5/h3,5-7,9-10,12,14H,1,4,8,11,13H2,2H3,(H,19,20,21,23);3H,1H2,2H3;1H3/b12-5+;;. The van der Waals surface area contributed by atoms with Crippen LogP contribution in [0.3, 0.4) is 0 Å². The molecule has 2 aromatic rings. The van der Waals surface area contributed by atoms with E-state index in [0.29, 0.717) is 12.2 Å². The Kier molecular flexibility index (Phi) is 14.1. The molecular formula is C23H31F3N4O. The molecule has 0 spiro atoms. The fourth-order valence-corrected chi connectivity index (χ4v) is 2.26. The van der Waals surface area contributed by atoms with Gasteiger partial charge in [0.2, 0.25) is 5.91 Å². The molecule has 1 aromatic heterocycles. The summed E-state index contributed by atoms with van der Waals surface area (Å²) in [7, 11) is 0. The monoisotopic (exact) mass is 436 g/mol. The summed E-state index contributed by atoms with van der Waals surface area (Å²) in [6.45, 7) is 12.9. The second kappa shape index (κ2) is 15.6. The lowest BCUT2D eigenvalue weighted by molar-refractivity contribution is -0.116. The summed E-state index contributed by atoms with van der Waals surface area (Å²) < 4.78 is 31.1. The first-order valence-electron chi connectivity index (χ1n) is 9.82. The van der Waals surface area contributed by atoms with E-state index in [1.54, 1.807) is 12.2 Å². The van der Waals surface area contributed by atoms with Gasteiger partial charge in [-0.25, -0.2) is 9.97 Å². The molecule has 0 radical (unpaired) electrons. The highest BCUT2D eigenvalue weighted by molar-refractivity contribution is 5.98. The normalized spacial score (nSPS) is 10.4. The highest BCUT2D eigenvalue weighted by atomic mass is 19.4. The van der Waals surface area contributed by atoms with Crippen LogP contribution in [0.5, 0.6) is 0 Å². The van der Waals surface area contributed by atoms with Crippen molar-refractivity contribution in [2.45, 2.75) is 39.8 Å². The van der Waals surface area contributed by atoms with Crippen LogP contribution < -0.4 is 5.32 Å². The van der Waals surface area contributed by atoms with Gasteiger partial charge in [0.05, 0.1) is 5.52 Å². The predicted molar refractivity (Wildman–Crippen MR) is 122 cm³/mol. The van der Waals surface area contributed by atoms with Crippen LogP contribution in [0.15, 0.2) is 68.2 Å². The number of rotatable bonds is 8. The van der Waals surface area contributed by atoms with Crippen molar-refractivity contribution >= 4 is 22.6 Å². The number of hydrogen-bond donors (Lipinski definition) is 1. The molecular weight excluding hydrogens is 405 g/mol. The molecule has 0 aliphatic rings. The number of fused-ring (bicyclic) bond motifs is 1. The van der Waals surface area contributed by atoms with Gasteiger partial charge >= 0.3 is 6.18 Å². The van der Waals surface area contributed by atoms with Gasteiger partial charge in [0, 0.05) is 31.8 Å². The summed E-state index contributed by atoms with van der Waals surface area (Å²) in [5.41, 5.74) is 0.824. The van der Waals surface area contributed by atoms with Crippen molar-refractivity contribution in [2.75, 3.05) is 18.4 Å². The maximum atomic E-state index is 12.1. The number of aromatic nitrogens is 2. The molecule has 5 nitrogen and oxygen atoms in total. The van der Waals surface area contributed by atoms with Crippen molar-refractivity contribution in [3.8, 4) is 0 Å². The second-order valence-corrected chi connectivity index (χ2v) is 6.29. The first-order chi connectivity index (χ1) is 14.7. The Morgan fingerprint density at radius 2 is 1.84 bits per heavy atom. The van der Waals surface area contributed by atoms with Gasteiger partial charge in [0.15, 0.2) is 0 Å². The number of allylic oxidation sites excluding steroid dienone is 3. The second-order valence-electron chi connectivity index (χ2n) is 6.29. The van der Waals surface area contributed by atoms with E-state index < -0.39 is 6.18 Å². The SMILES string of the molecule is C=C/C=C/N(CC)CCCC(=O)Nc1ncnc2ccccc12.C=CC.CC(F)(F)F. The van der Waals surface area contributed by atoms with Gasteiger partial charge < -0.3 is 10.2 Å². The van der Waals surface area contributed by atoms with Gasteiger partial charge in [-0.2, -0.15) is 13.2 Å². The van der Waals surface area contributed by atoms with E-state index >= 15 is 0 Å². The molecule has 31 heavy (non-hydrogen) atoms. The van der Waals surface area contributed by atoms with Gasteiger partial charge in [-0.3, -0.25) is 4.79 Å². The minimum absolute atomic E-state index is 0.0300. The van der Waals surface area contributed by atoms with E-state index in [1.165, 1.54) is 6.33 Å². The lowest BCUT2D eigenvalue weighted by atomic mass is 10.2. The zero-order chi connectivity index (χ0) is 23.7. The molecule has 0 atom stereocenters. The maximum absolute atomic E-state index is 12.1. The van der Waals surface area contributed by atoms with Crippen molar-refractivity contribution < 1.29 is 18.0 Å². The summed E-state index contributed by atoms with van der Waals surface area (Å²) in [5.74, 6) is 0.539. The van der Waals surface area contributed by atoms with E-state index in [0.717, 1.165) is 30.4 Å². The molecule has 0 saturated heterocycles. The van der Waals surface area contributed by atoms with Crippen LogP contribution in [0.1, 0.15) is 33.6 Å². The van der Waals surface area contributed by atoms with Crippen LogP contribution in [0.25, 0.3) is 10.9 Å². The number of carbonyl (C=O) groups is 1. The Morgan fingerprint density at radius 3 is 2.42 bits per heavy atom. The number of nitrogens with zero attached hydrogens (tertiary/aromatic N) is 3. The zero-order valence-electron chi connectivity index (χ0n) is 18.3. The fraction of sp³-hybridized carbons (Fsp3) is 0.348. The first-order valence-corrected chi connectivity index (χ1v) is 9.82. The molecule has 1 aromatic carbocycles. The number of hydrogen-bond acceptors (Lipinski definition) is 4. The largest absolute Gasteiger partial charge is 0.386 e. The van der Waals surface area contributed by atoms with Crippen LogP contribution in [0.2, 0.25) is 0 Å². The molecule has 0 aliphatic carbocycles. The van der Waals surface area contributed by atoms with Crippen molar-refractivity contribution in [1.82, 2.24) is 14.9 Å². The molecule has 170 valence electrons. The number of alkyl halides is 3. The number of para-hydroxylation sites is 1. The van der Waals surface area contributed by atoms with E-state index in [1.807, 2.05) is 43.5 Å². The predicted octanol–water partition coefficient (Wildman–Crippen LogP) is 6.13. The van der Waals surface area contributed by atoms with Gasteiger partial charge in [0.25, 0.3) is 0 Å². The number of benzene rings is 1. The Bertz CT molecular complexity index is 824. The third kappa shape index (κ3) is 14.5. The van der Waals surface area contributed by atoms with E-state index in [9.17, 15) is 18.0 Å². The van der Waals surface area contributed by atoms with Gasteiger partial charge in [0.1, 0.15) is 12.1 Å². The van der Waals surface area contributed by atoms with Gasteiger partial charge in [-0.15, -0.1) is 6.58 Å². The van der Waals surface area contributed by atoms with Gasteiger partial charge in [-0.05, 0) is 44.7 Å². The number of amides is 1. The average molecular weight is 437 g/mol. The molecule has 0 aliphatic heterocycles. The third-order valence-corrected chi connectivity index (χ3v) is 3.49. The Balaban J connectivity index is 0.000000968. The Morgan fingerprint density at radius 1 is 1.23 bits per heavy atom. The minimum Gasteiger partial charge on any atom is -0.378 e. The number of halogens is 3. The summed E-state index contributed by atoms with van der Waals surface area (Å²) >= 11 is 0. The molecule has 1 amide bonds. The van der Waals surface area contributed by atoms with Crippen LogP contribution in [0, 0.1) is 0 Å². The maximum Gasteiger partial charge on any atom is 0.386 e. The van der Waals surface area contributed by atoms with Crippen LogP contribution >= 0.6 is 0 Å². The van der Waals surface area contributed by atoms with Crippen molar-refractivity contribution in [3.05, 3.63) is 68.2 Å². The molecule has 0 fully saturated rings. The minimum atomic E-state index is -4.00. The quantitative estimate of drug-likeness (QED) is 0.399. The summed E-state index contributed by atoms with van der Waals surface area (Å²) in [6, 6.07) is 7.63. The van der Waals surface area contributed by atoms with Gasteiger partial charge in [-0.1, -0.05) is 30.9 Å². The number of anilines is 1. The van der Waals surface area contributed by atoms with Crippen molar-refractivity contribution in [2.24, 2.45) is 0 Å². The zero-order valence-corrected chi connectivity index (χ0v) is 18.3. The molecule has 0 saturated carbocycles.